The molecular formula is C13H23NO4. The number of hydrogen-bond donors (Lipinski definition) is 2. The van der Waals surface area contributed by atoms with Gasteiger partial charge in [0.15, 0.2) is 0 Å². The monoisotopic (exact) mass is 257 g/mol. The third-order valence-corrected chi connectivity index (χ3v) is 3.47. The van der Waals surface area contributed by atoms with E-state index >= 15 is 0 Å². The molecule has 0 aromatic heterocycles. The molecule has 5 nitrogen and oxygen atoms in total. The first-order valence-corrected chi connectivity index (χ1v) is 6.57. The lowest BCUT2D eigenvalue weighted by Crippen LogP contribution is -2.39. The number of carbonyl (C=O) groups is 2. The van der Waals surface area contributed by atoms with Crippen molar-refractivity contribution < 1.29 is 19.4 Å². The first-order chi connectivity index (χ1) is 8.45. The van der Waals surface area contributed by atoms with Crippen LogP contribution in [0.5, 0.6) is 0 Å². The zero-order chi connectivity index (χ0) is 13.7. The maximum absolute atomic E-state index is 12.0. The molecule has 0 aromatic carbocycles. The van der Waals surface area contributed by atoms with Crippen LogP contribution in [0.25, 0.3) is 0 Å². The van der Waals surface area contributed by atoms with Crippen LogP contribution in [0.1, 0.15) is 33.6 Å². The average molecular weight is 257 g/mol. The van der Waals surface area contributed by atoms with Crippen molar-refractivity contribution in [1.29, 1.82) is 0 Å². The van der Waals surface area contributed by atoms with Crippen LogP contribution >= 0.6 is 0 Å². The van der Waals surface area contributed by atoms with Crippen molar-refractivity contribution >= 4 is 11.9 Å². The quantitative estimate of drug-likeness (QED) is 0.751. The molecule has 1 rings (SSSR count). The van der Waals surface area contributed by atoms with Crippen molar-refractivity contribution in [3.63, 3.8) is 0 Å². The van der Waals surface area contributed by atoms with E-state index in [9.17, 15) is 9.59 Å². The van der Waals surface area contributed by atoms with E-state index in [4.69, 9.17) is 9.84 Å². The second kappa shape index (κ2) is 6.73. The Labute approximate surface area is 108 Å². The molecule has 0 heterocycles. The van der Waals surface area contributed by atoms with Crippen molar-refractivity contribution in [2.45, 2.75) is 39.7 Å². The van der Waals surface area contributed by atoms with Crippen molar-refractivity contribution in [2.75, 3.05) is 13.2 Å². The lowest BCUT2D eigenvalue weighted by molar-refractivity contribution is -0.146. The average Bonchev–Trinajstić information content (AvgIpc) is 2.69. The Hall–Kier alpha value is -1.10. The molecule has 0 radical (unpaired) electrons. The van der Waals surface area contributed by atoms with E-state index in [0.717, 1.165) is 0 Å². The van der Waals surface area contributed by atoms with Crippen LogP contribution in [0.3, 0.4) is 0 Å². The first kappa shape index (κ1) is 15.0. The molecule has 1 fully saturated rings. The molecule has 1 aliphatic carbocycles. The second-order valence-electron chi connectivity index (χ2n) is 5.14. The molecule has 0 saturated heterocycles. The molecule has 2 unspecified atom stereocenters. The highest BCUT2D eigenvalue weighted by molar-refractivity contribution is 5.85. The van der Waals surface area contributed by atoms with Gasteiger partial charge in [0.1, 0.15) is 0 Å². The van der Waals surface area contributed by atoms with Gasteiger partial charge in [-0.1, -0.05) is 6.92 Å². The van der Waals surface area contributed by atoms with Crippen molar-refractivity contribution in [3.05, 3.63) is 0 Å². The normalized spacial score (nSPS) is 28.9. The fourth-order valence-electron chi connectivity index (χ4n) is 2.57. The van der Waals surface area contributed by atoms with E-state index in [2.05, 4.69) is 5.32 Å². The van der Waals surface area contributed by atoms with Crippen molar-refractivity contribution in [1.82, 2.24) is 5.32 Å². The summed E-state index contributed by atoms with van der Waals surface area (Å²) >= 11 is 0. The Bertz CT molecular complexity index is 305. The van der Waals surface area contributed by atoms with Gasteiger partial charge in [0.25, 0.3) is 0 Å². The minimum absolute atomic E-state index is 0.0407. The molecule has 18 heavy (non-hydrogen) atoms. The maximum Gasteiger partial charge on any atom is 0.307 e. The zero-order valence-corrected chi connectivity index (χ0v) is 11.3. The maximum atomic E-state index is 12.0. The molecular weight excluding hydrogens is 234 g/mol. The molecule has 5 heteroatoms. The minimum atomic E-state index is -0.864. The van der Waals surface area contributed by atoms with Gasteiger partial charge in [-0.2, -0.15) is 0 Å². The predicted molar refractivity (Wildman–Crippen MR) is 67.1 cm³/mol. The summed E-state index contributed by atoms with van der Waals surface area (Å²) in [7, 11) is 0. The second-order valence-corrected chi connectivity index (χ2v) is 5.14. The summed E-state index contributed by atoms with van der Waals surface area (Å²) < 4.78 is 5.32. The van der Waals surface area contributed by atoms with Gasteiger partial charge in [0, 0.05) is 13.2 Å². The molecule has 2 N–H and O–H groups in total. The van der Waals surface area contributed by atoms with Gasteiger partial charge in [-0.25, -0.2) is 0 Å². The Balaban J connectivity index is 2.47. The Morgan fingerprint density at radius 2 is 2.00 bits per heavy atom. The van der Waals surface area contributed by atoms with E-state index < -0.39 is 17.8 Å². The lowest BCUT2D eigenvalue weighted by atomic mass is 9.95. The largest absolute Gasteiger partial charge is 0.481 e. The van der Waals surface area contributed by atoms with Crippen LogP contribution in [0.2, 0.25) is 0 Å². The summed E-state index contributed by atoms with van der Waals surface area (Å²) in [4.78, 5) is 23.1. The highest BCUT2D eigenvalue weighted by Crippen LogP contribution is 2.36. The van der Waals surface area contributed by atoms with Gasteiger partial charge in [-0.05, 0) is 32.6 Å². The third-order valence-electron chi connectivity index (χ3n) is 3.47. The summed E-state index contributed by atoms with van der Waals surface area (Å²) in [5.74, 6) is -1.66. The Kier molecular flexibility index (Phi) is 5.59. The van der Waals surface area contributed by atoms with Gasteiger partial charge in [-0.3, -0.25) is 9.59 Å². The van der Waals surface area contributed by atoms with E-state index in [1.165, 1.54) is 0 Å². The Morgan fingerprint density at radius 1 is 1.39 bits per heavy atom. The van der Waals surface area contributed by atoms with Gasteiger partial charge in [0.05, 0.1) is 17.9 Å². The number of carbonyl (C=O) groups excluding carboxylic acids is 1. The van der Waals surface area contributed by atoms with Gasteiger partial charge >= 0.3 is 5.97 Å². The van der Waals surface area contributed by atoms with Crippen LogP contribution in [0.4, 0.5) is 0 Å². The molecule has 104 valence electrons. The Morgan fingerprint density at radius 3 is 2.56 bits per heavy atom. The number of ether oxygens (including phenoxy) is 1. The molecule has 0 aliphatic heterocycles. The standard InChI is InChI=1S/C13H23NO4/c1-4-18-9(3)7-14-12(15)10-5-8(2)6-11(10)13(16)17/h8-11H,4-7H2,1-3H3,(H,14,15)(H,16,17)/t8?,9?,10-,11+/m0/s1. The van der Waals surface area contributed by atoms with E-state index in [1.807, 2.05) is 20.8 Å². The molecule has 1 aliphatic rings. The number of carboxylic acids is 1. The fourth-order valence-corrected chi connectivity index (χ4v) is 2.57. The number of carboxylic acid groups (broad SMARTS) is 1. The molecule has 1 saturated carbocycles. The van der Waals surface area contributed by atoms with Crippen LogP contribution in [0.15, 0.2) is 0 Å². The van der Waals surface area contributed by atoms with Crippen molar-refractivity contribution in [2.24, 2.45) is 17.8 Å². The molecule has 1 amide bonds. The highest BCUT2D eigenvalue weighted by atomic mass is 16.5. The van der Waals surface area contributed by atoms with Crippen LogP contribution in [-0.2, 0) is 14.3 Å². The number of amides is 1. The molecule has 0 bridgehead atoms. The summed E-state index contributed by atoms with van der Waals surface area (Å²) in [5.41, 5.74) is 0. The SMILES string of the molecule is CCOC(C)CNC(=O)[C@H]1CC(C)C[C@H]1C(=O)O. The van der Waals surface area contributed by atoms with Crippen molar-refractivity contribution in [3.8, 4) is 0 Å². The highest BCUT2D eigenvalue weighted by Gasteiger charge is 2.41. The third kappa shape index (κ3) is 3.98. The van der Waals surface area contributed by atoms with E-state index in [-0.39, 0.29) is 12.0 Å². The van der Waals surface area contributed by atoms with Crippen LogP contribution < -0.4 is 5.32 Å². The summed E-state index contributed by atoms with van der Waals surface area (Å²) in [6, 6.07) is 0. The number of aliphatic carboxylic acids is 1. The zero-order valence-electron chi connectivity index (χ0n) is 11.3. The van der Waals surface area contributed by atoms with Gasteiger partial charge < -0.3 is 15.2 Å². The predicted octanol–water partition coefficient (Wildman–Crippen LogP) is 1.27. The number of hydrogen-bond acceptors (Lipinski definition) is 3. The van der Waals surface area contributed by atoms with Crippen LogP contribution in [-0.4, -0.2) is 36.2 Å². The number of nitrogens with one attached hydrogen (secondary N) is 1. The summed E-state index contributed by atoms with van der Waals surface area (Å²) in [6.07, 6.45) is 1.21. The molecule has 0 aromatic rings. The van der Waals surface area contributed by atoms with E-state index in [1.54, 1.807) is 0 Å². The number of rotatable bonds is 6. The summed E-state index contributed by atoms with van der Waals surface area (Å²) in [6.45, 7) is 6.82. The fraction of sp³-hybridized carbons (Fsp3) is 0.846. The molecule has 4 atom stereocenters. The lowest BCUT2D eigenvalue weighted by Gasteiger charge is -2.18. The topological polar surface area (TPSA) is 75.6 Å². The van der Waals surface area contributed by atoms with Gasteiger partial charge in [-0.15, -0.1) is 0 Å². The minimum Gasteiger partial charge on any atom is -0.481 e. The summed E-state index contributed by atoms with van der Waals surface area (Å²) in [5, 5.41) is 11.9. The molecule has 0 spiro atoms. The smallest absolute Gasteiger partial charge is 0.307 e. The van der Waals surface area contributed by atoms with E-state index in [0.29, 0.717) is 31.9 Å². The first-order valence-electron chi connectivity index (χ1n) is 6.57. The van der Waals surface area contributed by atoms with Gasteiger partial charge in [0.2, 0.25) is 5.91 Å². The van der Waals surface area contributed by atoms with Crippen LogP contribution in [0, 0.1) is 17.8 Å².